The van der Waals surface area contributed by atoms with Crippen molar-refractivity contribution in [1.82, 2.24) is 5.32 Å². The first-order valence-electron chi connectivity index (χ1n) is 9.62. The summed E-state index contributed by atoms with van der Waals surface area (Å²) in [6.07, 6.45) is 2.89. The number of rotatable bonds is 9. The van der Waals surface area contributed by atoms with Gasteiger partial charge in [0.1, 0.15) is 0 Å². The molecular formula is C23H27N3O5. The van der Waals surface area contributed by atoms with E-state index in [-0.39, 0.29) is 19.1 Å². The van der Waals surface area contributed by atoms with Crippen molar-refractivity contribution in [3.05, 3.63) is 58.7 Å². The molecule has 8 heteroatoms. The zero-order chi connectivity index (χ0) is 23.0. The van der Waals surface area contributed by atoms with Gasteiger partial charge in [-0.25, -0.2) is 0 Å². The number of carbonyl (C=O) groups excluding carboxylic acids is 3. The molecule has 4 N–H and O–H groups in total. The van der Waals surface area contributed by atoms with Gasteiger partial charge >= 0.3 is 0 Å². The van der Waals surface area contributed by atoms with Crippen LogP contribution in [0.2, 0.25) is 0 Å². The number of ether oxygens (including phenoxy) is 2. The Hall–Kier alpha value is -3.81. The van der Waals surface area contributed by atoms with Crippen LogP contribution in [-0.2, 0) is 14.4 Å². The van der Waals surface area contributed by atoms with Gasteiger partial charge in [0, 0.05) is 11.8 Å². The molecule has 0 bridgehead atoms. The van der Waals surface area contributed by atoms with Crippen LogP contribution in [0.5, 0.6) is 11.5 Å². The maximum atomic E-state index is 12.2. The molecule has 0 saturated heterocycles. The fourth-order valence-electron chi connectivity index (χ4n) is 3.02. The van der Waals surface area contributed by atoms with E-state index in [2.05, 4.69) is 10.6 Å². The van der Waals surface area contributed by atoms with Gasteiger partial charge in [-0.2, -0.15) is 0 Å². The number of carbonyl (C=O) groups is 3. The van der Waals surface area contributed by atoms with Crippen LogP contribution < -0.4 is 25.8 Å². The lowest BCUT2D eigenvalue weighted by Gasteiger charge is -2.13. The van der Waals surface area contributed by atoms with Crippen molar-refractivity contribution < 1.29 is 23.9 Å². The SMILES string of the molecule is COc1cc(/C=C/C(=O)NCC(=O)Nc2c(C)cc(C)cc2C)ccc1OCC(N)=O. The first-order chi connectivity index (χ1) is 14.7. The van der Waals surface area contributed by atoms with Crippen molar-refractivity contribution in [3.8, 4) is 11.5 Å². The molecule has 2 rings (SSSR count). The Morgan fingerprint density at radius 1 is 1.03 bits per heavy atom. The summed E-state index contributed by atoms with van der Waals surface area (Å²) in [7, 11) is 1.46. The monoisotopic (exact) mass is 425 g/mol. The second kappa shape index (κ2) is 10.8. The van der Waals surface area contributed by atoms with E-state index < -0.39 is 11.8 Å². The molecule has 0 aromatic heterocycles. The van der Waals surface area contributed by atoms with Crippen LogP contribution in [0, 0.1) is 20.8 Å². The summed E-state index contributed by atoms with van der Waals surface area (Å²) in [5.74, 6) is -0.567. The van der Waals surface area contributed by atoms with Crippen molar-refractivity contribution in [2.24, 2.45) is 5.73 Å². The summed E-state index contributed by atoms with van der Waals surface area (Å²) in [5.41, 5.74) is 9.55. The van der Waals surface area contributed by atoms with Crippen LogP contribution in [0.25, 0.3) is 6.08 Å². The fraction of sp³-hybridized carbons (Fsp3) is 0.261. The highest BCUT2D eigenvalue weighted by atomic mass is 16.5. The Balaban J connectivity index is 1.92. The highest BCUT2D eigenvalue weighted by Gasteiger charge is 2.10. The standard InChI is InChI=1S/C23H27N3O5/c1-14-9-15(2)23(16(3)10-14)26-22(29)12-25-21(28)8-6-17-5-7-18(19(11-17)30-4)31-13-20(24)27/h5-11H,12-13H2,1-4H3,(H2,24,27)(H,25,28)(H,26,29)/b8-6+. The molecule has 0 heterocycles. The van der Waals surface area contributed by atoms with Gasteiger partial charge < -0.3 is 25.8 Å². The molecule has 2 aromatic carbocycles. The maximum absolute atomic E-state index is 12.2. The van der Waals surface area contributed by atoms with Gasteiger partial charge in [-0.1, -0.05) is 23.8 Å². The van der Waals surface area contributed by atoms with E-state index in [0.717, 1.165) is 22.4 Å². The van der Waals surface area contributed by atoms with Crippen LogP contribution in [0.4, 0.5) is 5.69 Å². The molecule has 0 unspecified atom stereocenters. The van der Waals surface area contributed by atoms with Gasteiger partial charge in [0.25, 0.3) is 5.91 Å². The predicted octanol–water partition coefficient (Wildman–Crippen LogP) is 2.25. The Bertz CT molecular complexity index is 991. The largest absolute Gasteiger partial charge is 0.493 e. The number of hydrogen-bond acceptors (Lipinski definition) is 5. The summed E-state index contributed by atoms with van der Waals surface area (Å²) in [6.45, 7) is 5.43. The first-order valence-corrected chi connectivity index (χ1v) is 9.62. The molecule has 0 spiro atoms. The second-order valence-electron chi connectivity index (χ2n) is 7.04. The highest BCUT2D eigenvalue weighted by Crippen LogP contribution is 2.28. The zero-order valence-electron chi connectivity index (χ0n) is 18.1. The molecule has 8 nitrogen and oxygen atoms in total. The van der Waals surface area contributed by atoms with E-state index in [1.54, 1.807) is 24.3 Å². The number of aryl methyl sites for hydroxylation is 3. The number of primary amides is 1. The third kappa shape index (κ3) is 7.18. The van der Waals surface area contributed by atoms with Crippen LogP contribution >= 0.6 is 0 Å². The Kier molecular flexibility index (Phi) is 8.19. The number of nitrogens with two attached hydrogens (primary N) is 1. The number of methoxy groups -OCH3 is 1. The average Bonchev–Trinajstić information content (AvgIpc) is 2.71. The highest BCUT2D eigenvalue weighted by molar-refractivity contribution is 5.98. The topological polar surface area (TPSA) is 120 Å². The Labute approximate surface area is 181 Å². The lowest BCUT2D eigenvalue weighted by molar-refractivity contribution is -0.121. The van der Waals surface area contributed by atoms with E-state index in [1.807, 2.05) is 32.9 Å². The van der Waals surface area contributed by atoms with Crippen LogP contribution in [0.3, 0.4) is 0 Å². The molecule has 31 heavy (non-hydrogen) atoms. The zero-order valence-corrected chi connectivity index (χ0v) is 18.1. The molecule has 3 amide bonds. The average molecular weight is 425 g/mol. The predicted molar refractivity (Wildman–Crippen MR) is 119 cm³/mol. The van der Waals surface area contributed by atoms with Crippen molar-refractivity contribution in [2.45, 2.75) is 20.8 Å². The van der Waals surface area contributed by atoms with Crippen LogP contribution in [0.15, 0.2) is 36.4 Å². The summed E-state index contributed by atoms with van der Waals surface area (Å²) >= 11 is 0. The quantitative estimate of drug-likeness (QED) is 0.532. The lowest BCUT2D eigenvalue weighted by atomic mass is 10.1. The third-order valence-electron chi connectivity index (χ3n) is 4.35. The van der Waals surface area contributed by atoms with Crippen molar-refractivity contribution in [2.75, 3.05) is 25.6 Å². The molecule has 0 radical (unpaired) electrons. The van der Waals surface area contributed by atoms with E-state index in [1.165, 1.54) is 13.2 Å². The molecule has 0 atom stereocenters. The van der Waals surface area contributed by atoms with Gasteiger partial charge in [-0.15, -0.1) is 0 Å². The van der Waals surface area contributed by atoms with Gasteiger partial charge in [0.05, 0.1) is 13.7 Å². The van der Waals surface area contributed by atoms with Crippen LogP contribution in [-0.4, -0.2) is 38.0 Å². The molecule has 0 aliphatic heterocycles. The van der Waals surface area contributed by atoms with Crippen molar-refractivity contribution in [3.63, 3.8) is 0 Å². The molecule has 164 valence electrons. The van der Waals surface area contributed by atoms with Gasteiger partial charge in [0.15, 0.2) is 18.1 Å². The fourth-order valence-corrected chi connectivity index (χ4v) is 3.02. The van der Waals surface area contributed by atoms with E-state index in [0.29, 0.717) is 17.1 Å². The summed E-state index contributed by atoms with van der Waals surface area (Å²) < 4.78 is 10.5. The number of amides is 3. The molecule has 2 aromatic rings. The summed E-state index contributed by atoms with van der Waals surface area (Å²) in [6, 6.07) is 8.93. The third-order valence-corrected chi connectivity index (χ3v) is 4.35. The van der Waals surface area contributed by atoms with Gasteiger partial charge in [-0.05, 0) is 55.7 Å². The Morgan fingerprint density at radius 2 is 1.71 bits per heavy atom. The molecule has 0 aliphatic rings. The first kappa shape index (κ1) is 23.5. The molecule has 0 fully saturated rings. The smallest absolute Gasteiger partial charge is 0.255 e. The Morgan fingerprint density at radius 3 is 2.32 bits per heavy atom. The van der Waals surface area contributed by atoms with Crippen LogP contribution in [0.1, 0.15) is 22.3 Å². The summed E-state index contributed by atoms with van der Waals surface area (Å²) in [4.78, 5) is 35.1. The summed E-state index contributed by atoms with van der Waals surface area (Å²) in [5, 5.41) is 5.39. The molecule has 0 aliphatic carbocycles. The van der Waals surface area contributed by atoms with Crippen molar-refractivity contribution >= 4 is 29.5 Å². The minimum Gasteiger partial charge on any atom is -0.493 e. The van der Waals surface area contributed by atoms with E-state index >= 15 is 0 Å². The van der Waals surface area contributed by atoms with Crippen molar-refractivity contribution in [1.29, 1.82) is 0 Å². The number of hydrogen-bond donors (Lipinski definition) is 3. The maximum Gasteiger partial charge on any atom is 0.255 e. The van der Waals surface area contributed by atoms with Gasteiger partial charge in [-0.3, -0.25) is 14.4 Å². The number of anilines is 1. The normalized spacial score (nSPS) is 10.6. The minimum absolute atomic E-state index is 0.154. The molecular weight excluding hydrogens is 398 g/mol. The van der Waals surface area contributed by atoms with Gasteiger partial charge in [0.2, 0.25) is 11.8 Å². The lowest BCUT2D eigenvalue weighted by Crippen LogP contribution is -2.32. The van der Waals surface area contributed by atoms with E-state index in [4.69, 9.17) is 15.2 Å². The number of nitrogens with one attached hydrogen (secondary N) is 2. The number of benzene rings is 2. The second-order valence-corrected chi connectivity index (χ2v) is 7.04. The molecule has 0 saturated carbocycles. The van der Waals surface area contributed by atoms with E-state index in [9.17, 15) is 14.4 Å². The minimum atomic E-state index is -0.598.